The Kier molecular flexibility index (Phi) is 4.78. The van der Waals surface area contributed by atoms with Crippen LogP contribution in [0.5, 0.6) is 0 Å². The maximum Gasteiger partial charge on any atom is 0.328 e. The normalized spacial score (nSPS) is 20.2. The molecule has 2 aliphatic heterocycles. The van der Waals surface area contributed by atoms with Crippen LogP contribution in [0.4, 0.5) is 5.69 Å². The molecule has 0 radical (unpaired) electrons. The summed E-state index contributed by atoms with van der Waals surface area (Å²) >= 11 is 0. The highest BCUT2D eigenvalue weighted by atomic mass is 16.6. The first kappa shape index (κ1) is 18.4. The smallest absolute Gasteiger partial charge is 0.328 e. The SMILES string of the molecule is C[C@H](NC(=O)[C@@H]1Cc2cccc3c2N1C(=O)CCC3)C(=O)OC(C)(C)C. The van der Waals surface area contributed by atoms with Gasteiger partial charge in [-0.2, -0.15) is 0 Å². The third-order valence-electron chi connectivity index (χ3n) is 4.70. The first-order valence-electron chi connectivity index (χ1n) is 9.13. The summed E-state index contributed by atoms with van der Waals surface area (Å²) < 4.78 is 5.32. The summed E-state index contributed by atoms with van der Waals surface area (Å²) in [6.07, 6.45) is 2.53. The second kappa shape index (κ2) is 6.74. The molecule has 2 atom stereocenters. The number of amides is 2. The number of nitrogens with zero attached hydrogens (tertiary/aromatic N) is 1. The second-order valence-corrected chi connectivity index (χ2v) is 8.03. The average molecular weight is 358 g/mol. The largest absolute Gasteiger partial charge is 0.458 e. The summed E-state index contributed by atoms with van der Waals surface area (Å²) in [7, 11) is 0. The molecule has 0 unspecified atom stereocenters. The predicted molar refractivity (Wildman–Crippen MR) is 97.8 cm³/mol. The molecule has 1 aromatic carbocycles. The van der Waals surface area contributed by atoms with Gasteiger partial charge in [-0.15, -0.1) is 0 Å². The van der Waals surface area contributed by atoms with Crippen molar-refractivity contribution in [2.45, 2.75) is 71.1 Å². The number of aryl methyl sites for hydroxylation is 1. The monoisotopic (exact) mass is 358 g/mol. The van der Waals surface area contributed by atoms with Gasteiger partial charge in [-0.3, -0.25) is 14.5 Å². The van der Waals surface area contributed by atoms with Crippen LogP contribution in [0.1, 0.15) is 51.7 Å². The maximum absolute atomic E-state index is 12.8. The fraction of sp³-hybridized carbons (Fsp3) is 0.550. The minimum Gasteiger partial charge on any atom is -0.458 e. The number of rotatable bonds is 3. The van der Waals surface area contributed by atoms with Crippen molar-refractivity contribution in [3.05, 3.63) is 29.3 Å². The molecule has 0 bridgehead atoms. The van der Waals surface area contributed by atoms with E-state index in [0.717, 1.165) is 29.7 Å². The lowest BCUT2D eigenvalue weighted by molar-refractivity contribution is -0.158. The lowest BCUT2D eigenvalue weighted by atomic mass is 10.0. The van der Waals surface area contributed by atoms with Crippen LogP contribution in [0.15, 0.2) is 18.2 Å². The number of para-hydroxylation sites is 1. The van der Waals surface area contributed by atoms with Gasteiger partial charge in [0.2, 0.25) is 11.8 Å². The number of ether oxygens (including phenoxy) is 1. The van der Waals surface area contributed by atoms with Gasteiger partial charge >= 0.3 is 5.97 Å². The summed E-state index contributed by atoms with van der Waals surface area (Å²) in [6.45, 7) is 6.95. The van der Waals surface area contributed by atoms with E-state index >= 15 is 0 Å². The fourth-order valence-electron chi connectivity index (χ4n) is 3.59. The van der Waals surface area contributed by atoms with Crippen LogP contribution < -0.4 is 10.2 Å². The van der Waals surface area contributed by atoms with Crippen molar-refractivity contribution in [2.24, 2.45) is 0 Å². The first-order chi connectivity index (χ1) is 12.2. The maximum atomic E-state index is 12.8. The number of carbonyl (C=O) groups excluding carboxylic acids is 3. The molecule has 2 amide bonds. The van der Waals surface area contributed by atoms with Gasteiger partial charge in [0, 0.05) is 12.8 Å². The zero-order chi connectivity index (χ0) is 19.1. The Bertz CT molecular complexity index is 751. The summed E-state index contributed by atoms with van der Waals surface area (Å²) in [5.74, 6) is -0.830. The lowest BCUT2D eigenvalue weighted by Crippen LogP contribution is -2.52. The summed E-state index contributed by atoms with van der Waals surface area (Å²) in [4.78, 5) is 39.2. The molecular formula is C20H26N2O4. The van der Waals surface area contributed by atoms with Gasteiger partial charge in [-0.1, -0.05) is 18.2 Å². The van der Waals surface area contributed by atoms with Crippen LogP contribution >= 0.6 is 0 Å². The van der Waals surface area contributed by atoms with Crippen molar-refractivity contribution >= 4 is 23.5 Å². The van der Waals surface area contributed by atoms with E-state index in [9.17, 15) is 14.4 Å². The Morgan fingerprint density at radius 3 is 2.62 bits per heavy atom. The number of nitrogens with one attached hydrogen (secondary N) is 1. The Hall–Kier alpha value is -2.37. The van der Waals surface area contributed by atoms with Crippen molar-refractivity contribution in [1.82, 2.24) is 5.32 Å². The van der Waals surface area contributed by atoms with E-state index < -0.39 is 23.7 Å². The Morgan fingerprint density at radius 2 is 1.92 bits per heavy atom. The zero-order valence-corrected chi connectivity index (χ0v) is 15.8. The molecule has 2 aliphatic rings. The number of carbonyl (C=O) groups is 3. The molecule has 140 valence electrons. The van der Waals surface area contributed by atoms with Crippen LogP contribution in [0.25, 0.3) is 0 Å². The van der Waals surface area contributed by atoms with E-state index in [2.05, 4.69) is 5.32 Å². The molecule has 0 fully saturated rings. The Balaban J connectivity index is 1.78. The standard InChI is InChI=1S/C20H26N2O4/c1-12(19(25)26-20(2,3)4)21-18(24)15-11-14-9-5-7-13-8-6-10-16(23)22(15)17(13)14/h5,7,9,12,15H,6,8,10-11H2,1-4H3,(H,21,24)/t12-,15-/m0/s1. The van der Waals surface area contributed by atoms with Crippen molar-refractivity contribution in [2.75, 3.05) is 4.90 Å². The Morgan fingerprint density at radius 1 is 1.23 bits per heavy atom. The highest BCUT2D eigenvalue weighted by Gasteiger charge is 2.41. The fourth-order valence-corrected chi connectivity index (χ4v) is 3.59. The van der Waals surface area contributed by atoms with Gasteiger partial charge in [-0.05, 0) is 51.7 Å². The van der Waals surface area contributed by atoms with Crippen molar-refractivity contribution < 1.29 is 19.1 Å². The van der Waals surface area contributed by atoms with E-state index in [-0.39, 0.29) is 11.8 Å². The predicted octanol–water partition coefficient (Wildman–Crippen LogP) is 2.13. The summed E-state index contributed by atoms with van der Waals surface area (Å²) in [6, 6.07) is 4.59. The molecule has 26 heavy (non-hydrogen) atoms. The molecule has 0 aliphatic carbocycles. The van der Waals surface area contributed by atoms with Gasteiger partial charge in [-0.25, -0.2) is 4.79 Å². The van der Waals surface area contributed by atoms with Gasteiger partial charge in [0.1, 0.15) is 17.7 Å². The van der Waals surface area contributed by atoms with Crippen LogP contribution in [0, 0.1) is 0 Å². The molecule has 0 spiro atoms. The van der Waals surface area contributed by atoms with E-state index in [4.69, 9.17) is 4.74 Å². The quantitative estimate of drug-likeness (QED) is 0.840. The molecule has 0 saturated carbocycles. The van der Waals surface area contributed by atoms with Crippen LogP contribution in [-0.2, 0) is 32.0 Å². The van der Waals surface area contributed by atoms with E-state index in [1.807, 2.05) is 18.2 Å². The number of esters is 1. The van der Waals surface area contributed by atoms with Crippen molar-refractivity contribution in [3.63, 3.8) is 0 Å². The number of hydrogen-bond donors (Lipinski definition) is 1. The Labute approximate surface area is 153 Å². The zero-order valence-electron chi connectivity index (χ0n) is 15.8. The van der Waals surface area contributed by atoms with Crippen LogP contribution in [0.2, 0.25) is 0 Å². The van der Waals surface area contributed by atoms with E-state index in [1.54, 1.807) is 32.6 Å². The average Bonchev–Trinajstić information content (AvgIpc) is 2.85. The molecule has 1 aromatic rings. The molecule has 6 nitrogen and oxygen atoms in total. The highest BCUT2D eigenvalue weighted by molar-refractivity contribution is 6.05. The van der Waals surface area contributed by atoms with E-state index in [0.29, 0.717) is 12.8 Å². The minimum absolute atomic E-state index is 0.0289. The van der Waals surface area contributed by atoms with Gasteiger partial charge in [0.05, 0.1) is 5.69 Å². The molecule has 0 aromatic heterocycles. The minimum atomic E-state index is -0.771. The second-order valence-electron chi connectivity index (χ2n) is 8.03. The molecule has 3 rings (SSSR count). The van der Waals surface area contributed by atoms with Crippen LogP contribution in [0.3, 0.4) is 0 Å². The van der Waals surface area contributed by atoms with Gasteiger partial charge in [0.15, 0.2) is 0 Å². The number of anilines is 1. The summed E-state index contributed by atoms with van der Waals surface area (Å²) in [5.41, 5.74) is 2.40. The lowest BCUT2D eigenvalue weighted by Gasteiger charge is -2.27. The third kappa shape index (κ3) is 3.59. The third-order valence-corrected chi connectivity index (χ3v) is 4.70. The van der Waals surface area contributed by atoms with E-state index in [1.165, 1.54) is 0 Å². The molecular weight excluding hydrogens is 332 g/mol. The molecule has 2 heterocycles. The van der Waals surface area contributed by atoms with Crippen LogP contribution in [-0.4, -0.2) is 35.5 Å². The van der Waals surface area contributed by atoms with Gasteiger partial charge in [0.25, 0.3) is 0 Å². The highest BCUT2D eigenvalue weighted by Crippen LogP contribution is 2.38. The molecule has 6 heteroatoms. The first-order valence-corrected chi connectivity index (χ1v) is 9.13. The van der Waals surface area contributed by atoms with Gasteiger partial charge < -0.3 is 10.1 Å². The topological polar surface area (TPSA) is 75.7 Å². The molecule has 0 saturated heterocycles. The molecule has 1 N–H and O–H groups in total. The number of benzene rings is 1. The summed E-state index contributed by atoms with van der Waals surface area (Å²) in [5, 5.41) is 2.72. The van der Waals surface area contributed by atoms with Crippen molar-refractivity contribution in [3.8, 4) is 0 Å². The van der Waals surface area contributed by atoms with Crippen molar-refractivity contribution in [1.29, 1.82) is 0 Å². The number of hydrogen-bond acceptors (Lipinski definition) is 4.